The van der Waals surface area contributed by atoms with Crippen LogP contribution in [0.25, 0.3) is 0 Å². The summed E-state index contributed by atoms with van der Waals surface area (Å²) in [4.78, 5) is 15.1. The predicted octanol–water partition coefficient (Wildman–Crippen LogP) is 1.44. The quantitative estimate of drug-likeness (QED) is 0.546. The number of benzene rings is 1. The van der Waals surface area contributed by atoms with Crippen molar-refractivity contribution in [2.45, 2.75) is 12.8 Å². The molecule has 1 aliphatic heterocycles. The third-order valence-electron chi connectivity index (χ3n) is 3.81. The molecular weight excluding hydrogens is 268 g/mol. The van der Waals surface area contributed by atoms with Gasteiger partial charge in [-0.3, -0.25) is 4.90 Å². The molecule has 1 fully saturated rings. The maximum Gasteiger partial charge on any atom is 0.404 e. The van der Waals surface area contributed by atoms with Crippen molar-refractivity contribution >= 4 is 17.5 Å². The van der Waals surface area contributed by atoms with Crippen LogP contribution in [0.4, 0.5) is 16.2 Å². The molecule has 0 aliphatic carbocycles. The van der Waals surface area contributed by atoms with Gasteiger partial charge in [-0.15, -0.1) is 0 Å². The summed E-state index contributed by atoms with van der Waals surface area (Å²) in [5.41, 5.74) is 7.74. The number of hydrogen-bond acceptors (Lipinski definition) is 4. The summed E-state index contributed by atoms with van der Waals surface area (Å²) in [6.45, 7) is 5.74. The minimum atomic E-state index is -0.938. The molecule has 4 N–H and O–H groups in total. The molecule has 1 amide bonds. The first kappa shape index (κ1) is 15.4. The van der Waals surface area contributed by atoms with E-state index in [0.29, 0.717) is 6.54 Å². The number of piperazine rings is 1. The Hall–Kier alpha value is -1.95. The first-order valence-electron chi connectivity index (χ1n) is 7.45. The van der Waals surface area contributed by atoms with Gasteiger partial charge < -0.3 is 21.1 Å². The molecule has 6 nitrogen and oxygen atoms in total. The summed E-state index contributed by atoms with van der Waals surface area (Å²) >= 11 is 0. The van der Waals surface area contributed by atoms with Crippen molar-refractivity contribution in [2.75, 3.05) is 49.9 Å². The minimum absolute atomic E-state index is 0.542. The number of nitrogen functional groups attached to an aromatic ring is 1. The number of nitrogens with one attached hydrogen (secondary N) is 1. The molecular formula is C15H24N4O2. The standard InChI is InChI=1S/C15H24N4O2/c16-13-3-5-14(6-4-13)19-11-9-18(10-12-19)8-2-1-7-17-15(20)21/h3-6,17H,1-2,7-12,16H2,(H,20,21). The number of carboxylic acid groups (broad SMARTS) is 1. The second-order valence-corrected chi connectivity index (χ2v) is 5.36. The van der Waals surface area contributed by atoms with Gasteiger partial charge in [0.2, 0.25) is 0 Å². The first-order valence-corrected chi connectivity index (χ1v) is 7.45. The Balaban J connectivity index is 1.64. The average Bonchev–Trinajstić information content (AvgIpc) is 2.48. The van der Waals surface area contributed by atoms with Crippen LogP contribution in [0.2, 0.25) is 0 Å². The van der Waals surface area contributed by atoms with Crippen molar-refractivity contribution < 1.29 is 9.90 Å². The Morgan fingerprint density at radius 3 is 2.43 bits per heavy atom. The van der Waals surface area contributed by atoms with Crippen molar-refractivity contribution in [1.29, 1.82) is 0 Å². The maximum absolute atomic E-state index is 10.3. The van der Waals surface area contributed by atoms with E-state index < -0.39 is 6.09 Å². The number of carbonyl (C=O) groups is 1. The van der Waals surface area contributed by atoms with Gasteiger partial charge in [-0.1, -0.05) is 0 Å². The molecule has 0 aromatic heterocycles. The molecule has 1 heterocycles. The number of nitrogens with zero attached hydrogens (tertiary/aromatic N) is 2. The van der Waals surface area contributed by atoms with E-state index in [2.05, 4.69) is 27.2 Å². The Morgan fingerprint density at radius 2 is 1.81 bits per heavy atom. The number of unbranched alkanes of at least 4 members (excludes halogenated alkanes) is 1. The van der Waals surface area contributed by atoms with Gasteiger partial charge >= 0.3 is 6.09 Å². The zero-order chi connectivity index (χ0) is 15.1. The third kappa shape index (κ3) is 5.15. The molecule has 0 bridgehead atoms. The molecule has 1 aromatic rings. The predicted molar refractivity (Wildman–Crippen MR) is 84.8 cm³/mol. The van der Waals surface area contributed by atoms with Crippen LogP contribution in [0.1, 0.15) is 12.8 Å². The van der Waals surface area contributed by atoms with Gasteiger partial charge in [-0.05, 0) is 43.7 Å². The van der Waals surface area contributed by atoms with Crippen LogP contribution in [-0.4, -0.2) is 55.4 Å². The fraction of sp³-hybridized carbons (Fsp3) is 0.533. The topological polar surface area (TPSA) is 81.8 Å². The smallest absolute Gasteiger partial charge is 0.404 e. The highest BCUT2D eigenvalue weighted by Gasteiger charge is 2.16. The Labute approximate surface area is 125 Å². The minimum Gasteiger partial charge on any atom is -0.465 e. The van der Waals surface area contributed by atoms with Gasteiger partial charge in [0, 0.05) is 44.1 Å². The normalized spacial score (nSPS) is 15.9. The summed E-state index contributed by atoms with van der Waals surface area (Å²) < 4.78 is 0. The average molecular weight is 292 g/mol. The fourth-order valence-corrected chi connectivity index (χ4v) is 2.57. The summed E-state index contributed by atoms with van der Waals surface area (Å²) in [5, 5.41) is 10.9. The number of hydrogen-bond donors (Lipinski definition) is 3. The van der Waals surface area contributed by atoms with E-state index >= 15 is 0 Å². The number of rotatable bonds is 6. The third-order valence-corrected chi connectivity index (χ3v) is 3.81. The van der Waals surface area contributed by atoms with E-state index in [0.717, 1.165) is 51.3 Å². The van der Waals surface area contributed by atoms with E-state index in [1.807, 2.05) is 12.1 Å². The van der Waals surface area contributed by atoms with E-state index in [4.69, 9.17) is 10.8 Å². The molecule has 1 aromatic carbocycles. The van der Waals surface area contributed by atoms with Gasteiger partial charge in [0.15, 0.2) is 0 Å². The zero-order valence-electron chi connectivity index (χ0n) is 12.3. The lowest BCUT2D eigenvalue weighted by atomic mass is 10.2. The molecule has 0 radical (unpaired) electrons. The highest BCUT2D eigenvalue weighted by molar-refractivity contribution is 5.64. The summed E-state index contributed by atoms with van der Waals surface area (Å²) in [7, 11) is 0. The van der Waals surface area contributed by atoms with Crippen molar-refractivity contribution in [3.8, 4) is 0 Å². The van der Waals surface area contributed by atoms with Gasteiger partial charge in [-0.2, -0.15) is 0 Å². The lowest BCUT2D eigenvalue weighted by molar-refractivity contribution is 0.193. The molecule has 0 saturated carbocycles. The Bertz CT molecular complexity index is 441. The zero-order valence-corrected chi connectivity index (χ0v) is 12.3. The molecule has 0 spiro atoms. The number of amides is 1. The van der Waals surface area contributed by atoms with E-state index in [1.54, 1.807) is 0 Å². The van der Waals surface area contributed by atoms with Crippen molar-refractivity contribution in [1.82, 2.24) is 10.2 Å². The monoisotopic (exact) mass is 292 g/mol. The Kier molecular flexibility index (Phi) is 5.68. The molecule has 6 heteroatoms. The number of nitrogens with two attached hydrogens (primary N) is 1. The molecule has 0 atom stereocenters. The van der Waals surface area contributed by atoms with Crippen LogP contribution in [0.15, 0.2) is 24.3 Å². The highest BCUT2D eigenvalue weighted by atomic mass is 16.4. The largest absolute Gasteiger partial charge is 0.465 e. The number of anilines is 2. The van der Waals surface area contributed by atoms with Crippen LogP contribution < -0.4 is 16.0 Å². The van der Waals surface area contributed by atoms with Crippen LogP contribution in [0, 0.1) is 0 Å². The van der Waals surface area contributed by atoms with Crippen LogP contribution >= 0.6 is 0 Å². The lowest BCUT2D eigenvalue weighted by Gasteiger charge is -2.36. The van der Waals surface area contributed by atoms with Crippen molar-refractivity contribution in [2.24, 2.45) is 0 Å². The van der Waals surface area contributed by atoms with Gasteiger partial charge in [0.05, 0.1) is 0 Å². The second-order valence-electron chi connectivity index (χ2n) is 5.36. The second kappa shape index (κ2) is 7.73. The first-order chi connectivity index (χ1) is 10.1. The van der Waals surface area contributed by atoms with Crippen LogP contribution in [0.3, 0.4) is 0 Å². The molecule has 2 rings (SSSR count). The van der Waals surface area contributed by atoms with Crippen LogP contribution in [0.5, 0.6) is 0 Å². The van der Waals surface area contributed by atoms with Gasteiger partial charge in [0.1, 0.15) is 0 Å². The molecule has 1 aliphatic rings. The van der Waals surface area contributed by atoms with Crippen molar-refractivity contribution in [3.63, 3.8) is 0 Å². The van der Waals surface area contributed by atoms with Crippen molar-refractivity contribution in [3.05, 3.63) is 24.3 Å². The van der Waals surface area contributed by atoms with Gasteiger partial charge in [0.25, 0.3) is 0 Å². The molecule has 21 heavy (non-hydrogen) atoms. The highest BCUT2D eigenvalue weighted by Crippen LogP contribution is 2.18. The SMILES string of the molecule is Nc1ccc(N2CCN(CCCCNC(=O)O)CC2)cc1. The molecule has 116 valence electrons. The van der Waals surface area contributed by atoms with E-state index in [9.17, 15) is 4.79 Å². The van der Waals surface area contributed by atoms with E-state index in [-0.39, 0.29) is 0 Å². The molecule has 0 unspecified atom stereocenters. The van der Waals surface area contributed by atoms with E-state index in [1.165, 1.54) is 5.69 Å². The summed E-state index contributed by atoms with van der Waals surface area (Å²) in [5.74, 6) is 0. The Morgan fingerprint density at radius 1 is 1.14 bits per heavy atom. The van der Waals surface area contributed by atoms with Gasteiger partial charge in [-0.25, -0.2) is 4.79 Å². The summed E-state index contributed by atoms with van der Waals surface area (Å²) in [6.07, 6.45) is 0.985. The molecule has 1 saturated heterocycles. The van der Waals surface area contributed by atoms with Crippen LogP contribution in [-0.2, 0) is 0 Å². The maximum atomic E-state index is 10.3. The lowest BCUT2D eigenvalue weighted by Crippen LogP contribution is -2.46. The summed E-state index contributed by atoms with van der Waals surface area (Å²) in [6, 6.07) is 8.03. The fourth-order valence-electron chi connectivity index (χ4n) is 2.57.